The van der Waals surface area contributed by atoms with Crippen molar-refractivity contribution in [1.29, 1.82) is 0 Å². The quantitative estimate of drug-likeness (QED) is 0.595. The fourth-order valence-electron chi connectivity index (χ4n) is 2.93. The van der Waals surface area contributed by atoms with Crippen LogP contribution in [0.1, 0.15) is 30.6 Å². The first-order chi connectivity index (χ1) is 14.1. The number of thiazole rings is 1. The molecule has 3 rings (SSSR count). The molecule has 2 aromatic heterocycles. The van der Waals surface area contributed by atoms with Crippen molar-refractivity contribution in [3.63, 3.8) is 0 Å². The Hall–Kier alpha value is -2.30. The molecule has 0 aromatic carbocycles. The van der Waals surface area contributed by atoms with Crippen molar-refractivity contribution >= 4 is 45.5 Å². The molecule has 0 radical (unpaired) electrons. The number of hydrogen-bond donors (Lipinski definition) is 2. The van der Waals surface area contributed by atoms with Gasteiger partial charge >= 0.3 is 0 Å². The third-order valence-electron chi connectivity index (χ3n) is 4.41. The van der Waals surface area contributed by atoms with E-state index in [0.29, 0.717) is 18.2 Å². The Kier molecular flexibility index (Phi) is 8.14. The standard InChI is InChI=1S/C19H24N4O4S2/c24-16(22-19-20-7-10-29-19)5-6-18(26)23(12-15-4-2-9-28-15)13-17(25)21-11-14-3-1-8-27-14/h2,4,7,9-10,14H,1,3,5-6,8,11-13H2,(H,21,25)(H,20,22,24)/t14-/m0/s1. The predicted molar refractivity (Wildman–Crippen MR) is 112 cm³/mol. The average molecular weight is 437 g/mol. The van der Waals surface area contributed by atoms with Crippen molar-refractivity contribution in [2.75, 3.05) is 25.0 Å². The minimum absolute atomic E-state index is 0.0294. The van der Waals surface area contributed by atoms with Gasteiger partial charge in [-0.25, -0.2) is 4.98 Å². The van der Waals surface area contributed by atoms with Crippen LogP contribution >= 0.6 is 22.7 Å². The third-order valence-corrected chi connectivity index (χ3v) is 5.96. The van der Waals surface area contributed by atoms with Gasteiger partial charge in [0.2, 0.25) is 17.7 Å². The highest BCUT2D eigenvalue weighted by Gasteiger charge is 2.21. The van der Waals surface area contributed by atoms with E-state index in [9.17, 15) is 14.4 Å². The topological polar surface area (TPSA) is 101 Å². The van der Waals surface area contributed by atoms with E-state index < -0.39 is 0 Å². The molecule has 2 aromatic rings. The zero-order valence-electron chi connectivity index (χ0n) is 16.0. The molecule has 8 nitrogen and oxygen atoms in total. The molecule has 156 valence electrons. The molecule has 0 saturated carbocycles. The molecule has 0 bridgehead atoms. The molecule has 0 aliphatic carbocycles. The summed E-state index contributed by atoms with van der Waals surface area (Å²) in [4.78, 5) is 43.5. The van der Waals surface area contributed by atoms with Crippen molar-refractivity contribution < 1.29 is 19.1 Å². The first-order valence-corrected chi connectivity index (χ1v) is 11.2. The summed E-state index contributed by atoms with van der Waals surface area (Å²) in [5, 5.41) is 9.70. The molecule has 0 unspecified atom stereocenters. The zero-order chi connectivity index (χ0) is 20.5. The van der Waals surface area contributed by atoms with Crippen LogP contribution in [0.5, 0.6) is 0 Å². The Labute approximate surface area is 177 Å². The van der Waals surface area contributed by atoms with Gasteiger partial charge in [0.15, 0.2) is 5.13 Å². The van der Waals surface area contributed by atoms with Gasteiger partial charge in [-0.05, 0) is 24.3 Å². The molecule has 3 amide bonds. The summed E-state index contributed by atoms with van der Waals surface area (Å²) in [5.41, 5.74) is 0. The molecule has 3 heterocycles. The van der Waals surface area contributed by atoms with Crippen LogP contribution in [0, 0.1) is 0 Å². The van der Waals surface area contributed by atoms with Gasteiger partial charge < -0.3 is 20.3 Å². The summed E-state index contributed by atoms with van der Waals surface area (Å²) in [7, 11) is 0. The number of amides is 3. The zero-order valence-corrected chi connectivity index (χ0v) is 17.6. The average Bonchev–Trinajstić information content (AvgIpc) is 3.47. The second-order valence-electron chi connectivity index (χ2n) is 6.65. The van der Waals surface area contributed by atoms with E-state index in [-0.39, 0.29) is 43.2 Å². The van der Waals surface area contributed by atoms with Crippen molar-refractivity contribution in [2.24, 2.45) is 0 Å². The summed E-state index contributed by atoms with van der Waals surface area (Å²) in [6.07, 6.45) is 3.66. The fraction of sp³-hybridized carbons (Fsp3) is 0.474. The summed E-state index contributed by atoms with van der Waals surface area (Å²) in [5.74, 6) is -0.732. The molecule has 2 N–H and O–H groups in total. The minimum atomic E-state index is -0.271. The van der Waals surface area contributed by atoms with Gasteiger partial charge in [0.25, 0.3) is 0 Å². The van der Waals surface area contributed by atoms with Crippen LogP contribution in [0.4, 0.5) is 5.13 Å². The van der Waals surface area contributed by atoms with Crippen LogP contribution in [-0.4, -0.2) is 53.4 Å². The van der Waals surface area contributed by atoms with Gasteiger partial charge in [0.05, 0.1) is 19.2 Å². The van der Waals surface area contributed by atoms with Crippen LogP contribution in [0.3, 0.4) is 0 Å². The number of ether oxygens (including phenoxy) is 1. The lowest BCUT2D eigenvalue weighted by Crippen LogP contribution is -2.42. The van der Waals surface area contributed by atoms with Crippen LogP contribution in [0.15, 0.2) is 29.1 Å². The second-order valence-corrected chi connectivity index (χ2v) is 8.58. The Bertz CT molecular complexity index is 789. The second kappa shape index (κ2) is 11.0. The van der Waals surface area contributed by atoms with Gasteiger partial charge in [-0.15, -0.1) is 22.7 Å². The largest absolute Gasteiger partial charge is 0.376 e. The highest BCUT2D eigenvalue weighted by atomic mass is 32.1. The minimum Gasteiger partial charge on any atom is -0.376 e. The van der Waals surface area contributed by atoms with E-state index >= 15 is 0 Å². The van der Waals surface area contributed by atoms with Gasteiger partial charge in [-0.1, -0.05) is 6.07 Å². The number of anilines is 1. The van der Waals surface area contributed by atoms with Crippen molar-refractivity contribution in [2.45, 2.75) is 38.3 Å². The summed E-state index contributed by atoms with van der Waals surface area (Å²) in [6.45, 7) is 1.48. The van der Waals surface area contributed by atoms with E-state index in [0.717, 1.165) is 24.3 Å². The number of rotatable bonds is 10. The van der Waals surface area contributed by atoms with Gasteiger partial charge in [0.1, 0.15) is 0 Å². The lowest BCUT2D eigenvalue weighted by atomic mass is 10.2. The molecule has 0 spiro atoms. The maximum atomic E-state index is 12.7. The van der Waals surface area contributed by atoms with E-state index in [4.69, 9.17) is 4.74 Å². The monoisotopic (exact) mass is 436 g/mol. The molecular formula is C19H24N4O4S2. The molecule has 1 atom stereocenters. The van der Waals surface area contributed by atoms with Gasteiger partial charge in [-0.3, -0.25) is 14.4 Å². The van der Waals surface area contributed by atoms with Crippen LogP contribution < -0.4 is 10.6 Å². The van der Waals surface area contributed by atoms with Gasteiger partial charge in [-0.2, -0.15) is 0 Å². The Morgan fingerprint density at radius 2 is 2.10 bits per heavy atom. The maximum Gasteiger partial charge on any atom is 0.239 e. The van der Waals surface area contributed by atoms with E-state index in [1.165, 1.54) is 27.6 Å². The number of carbonyl (C=O) groups excluding carboxylic acids is 3. The van der Waals surface area contributed by atoms with Crippen LogP contribution in [-0.2, 0) is 25.7 Å². The molecule has 29 heavy (non-hydrogen) atoms. The molecular weight excluding hydrogens is 412 g/mol. The van der Waals surface area contributed by atoms with Crippen molar-refractivity contribution in [3.05, 3.63) is 34.0 Å². The SMILES string of the molecule is O=C(CN(Cc1cccs1)C(=O)CCC(=O)Nc1nccs1)NC[C@@H]1CCCO1. The van der Waals surface area contributed by atoms with Crippen molar-refractivity contribution in [1.82, 2.24) is 15.2 Å². The molecule has 1 aliphatic heterocycles. The van der Waals surface area contributed by atoms with Crippen LogP contribution in [0.25, 0.3) is 0 Å². The Morgan fingerprint density at radius 1 is 1.21 bits per heavy atom. The lowest BCUT2D eigenvalue weighted by Gasteiger charge is -2.22. The van der Waals surface area contributed by atoms with E-state index in [1.807, 2.05) is 17.5 Å². The number of thiophene rings is 1. The van der Waals surface area contributed by atoms with Crippen molar-refractivity contribution in [3.8, 4) is 0 Å². The smallest absolute Gasteiger partial charge is 0.239 e. The number of aromatic nitrogens is 1. The Morgan fingerprint density at radius 3 is 2.79 bits per heavy atom. The first-order valence-electron chi connectivity index (χ1n) is 9.48. The van der Waals surface area contributed by atoms with Gasteiger partial charge in [0, 0.05) is 42.4 Å². The molecule has 1 fully saturated rings. The third kappa shape index (κ3) is 7.22. The first kappa shape index (κ1) is 21.4. The number of carbonyl (C=O) groups is 3. The number of nitrogens with zero attached hydrogens (tertiary/aromatic N) is 2. The normalized spacial score (nSPS) is 15.8. The highest BCUT2D eigenvalue weighted by molar-refractivity contribution is 7.13. The van der Waals surface area contributed by atoms with Crippen LogP contribution in [0.2, 0.25) is 0 Å². The highest BCUT2D eigenvalue weighted by Crippen LogP contribution is 2.15. The predicted octanol–water partition coefficient (Wildman–Crippen LogP) is 2.25. The fourth-order valence-corrected chi connectivity index (χ4v) is 4.20. The number of nitrogens with one attached hydrogen (secondary N) is 2. The molecule has 10 heteroatoms. The summed E-state index contributed by atoms with van der Waals surface area (Å²) >= 11 is 2.84. The number of hydrogen-bond acceptors (Lipinski definition) is 7. The lowest BCUT2D eigenvalue weighted by molar-refractivity contribution is -0.137. The summed E-state index contributed by atoms with van der Waals surface area (Å²) < 4.78 is 5.51. The van der Waals surface area contributed by atoms with E-state index in [1.54, 1.807) is 11.6 Å². The molecule has 1 aliphatic rings. The maximum absolute atomic E-state index is 12.7. The Balaban J connectivity index is 1.50. The van der Waals surface area contributed by atoms with E-state index in [2.05, 4.69) is 15.6 Å². The summed E-state index contributed by atoms with van der Waals surface area (Å²) in [6, 6.07) is 3.83. The molecule has 1 saturated heterocycles.